The minimum Gasteiger partial charge on any atom is -0.311 e. The zero-order valence-corrected chi connectivity index (χ0v) is 11.7. The average molecular weight is 248 g/mol. The van der Waals surface area contributed by atoms with Crippen LogP contribution < -0.4 is 5.32 Å². The lowest BCUT2D eigenvalue weighted by Gasteiger charge is -2.05. The largest absolute Gasteiger partial charge is 0.311 e. The average Bonchev–Trinajstić information content (AvgIpc) is 2.31. The highest BCUT2D eigenvalue weighted by atomic mass is 16.1. The molecule has 1 amide bonds. The van der Waals surface area contributed by atoms with Crippen LogP contribution in [-0.2, 0) is 4.79 Å². The highest BCUT2D eigenvalue weighted by Crippen LogP contribution is 2.10. The zero-order valence-electron chi connectivity index (χ0n) is 11.7. The fraction of sp³-hybridized carbons (Fsp3) is 0.600. The maximum Gasteiger partial charge on any atom is 0.225 e. The summed E-state index contributed by atoms with van der Waals surface area (Å²) in [6.45, 7) is 6.44. The van der Waals surface area contributed by atoms with Crippen LogP contribution in [0, 0.1) is 12.8 Å². The number of unbranched alkanes of at least 4 members (excludes halogenated alkanes) is 2. The maximum atomic E-state index is 11.6. The number of carbonyl (C=O) groups is 1. The molecule has 0 radical (unpaired) electrons. The van der Waals surface area contributed by atoms with Crippen molar-refractivity contribution in [2.24, 2.45) is 5.92 Å². The number of nitrogens with one attached hydrogen (secondary N) is 1. The molecule has 0 aromatic carbocycles. The van der Waals surface area contributed by atoms with E-state index >= 15 is 0 Å². The first-order valence-electron chi connectivity index (χ1n) is 6.80. The number of amides is 1. The molecule has 0 unspecified atom stereocenters. The van der Waals surface area contributed by atoms with Crippen molar-refractivity contribution in [2.45, 2.75) is 52.9 Å². The second-order valence-electron chi connectivity index (χ2n) is 5.26. The van der Waals surface area contributed by atoms with Crippen molar-refractivity contribution < 1.29 is 4.79 Å². The summed E-state index contributed by atoms with van der Waals surface area (Å²) in [5, 5.41) is 2.82. The van der Waals surface area contributed by atoms with E-state index in [0.717, 1.165) is 24.3 Å². The highest BCUT2D eigenvalue weighted by molar-refractivity contribution is 5.89. The van der Waals surface area contributed by atoms with Gasteiger partial charge in [0.15, 0.2) is 0 Å². The molecule has 0 fully saturated rings. The molecule has 0 aliphatic heterocycles. The topological polar surface area (TPSA) is 42.0 Å². The molecular formula is C15H24N2O. The molecule has 0 saturated heterocycles. The van der Waals surface area contributed by atoms with Crippen LogP contribution in [0.3, 0.4) is 0 Å². The van der Waals surface area contributed by atoms with Crippen LogP contribution in [0.4, 0.5) is 5.82 Å². The van der Waals surface area contributed by atoms with Crippen molar-refractivity contribution in [1.82, 2.24) is 4.98 Å². The molecule has 0 aliphatic rings. The first-order chi connectivity index (χ1) is 8.58. The van der Waals surface area contributed by atoms with E-state index in [-0.39, 0.29) is 5.91 Å². The zero-order chi connectivity index (χ0) is 13.4. The van der Waals surface area contributed by atoms with Crippen LogP contribution in [-0.4, -0.2) is 10.9 Å². The van der Waals surface area contributed by atoms with Crippen LogP contribution in [0.2, 0.25) is 0 Å². The fourth-order valence-electron chi connectivity index (χ4n) is 1.76. The second kappa shape index (κ2) is 7.85. The molecule has 0 saturated carbocycles. The quantitative estimate of drug-likeness (QED) is 0.743. The summed E-state index contributed by atoms with van der Waals surface area (Å²) >= 11 is 0. The summed E-state index contributed by atoms with van der Waals surface area (Å²) in [6.07, 6.45) is 6.91. The lowest BCUT2D eigenvalue weighted by Crippen LogP contribution is -2.12. The molecule has 3 nitrogen and oxygen atoms in total. The molecule has 1 aromatic heterocycles. The summed E-state index contributed by atoms with van der Waals surface area (Å²) < 4.78 is 0. The van der Waals surface area contributed by atoms with E-state index in [9.17, 15) is 4.79 Å². The Morgan fingerprint density at radius 2 is 2.06 bits per heavy atom. The minimum absolute atomic E-state index is 0.0656. The van der Waals surface area contributed by atoms with Crippen LogP contribution >= 0.6 is 0 Å². The van der Waals surface area contributed by atoms with Gasteiger partial charge in [-0.3, -0.25) is 4.79 Å². The molecule has 1 heterocycles. The Morgan fingerprint density at radius 1 is 1.28 bits per heavy atom. The molecule has 1 rings (SSSR count). The SMILES string of the molecule is Cc1ccc(NC(=O)CCCCCC(C)C)nc1. The molecule has 3 heteroatoms. The number of carbonyl (C=O) groups excluding carboxylic acids is 1. The Hall–Kier alpha value is -1.38. The van der Waals surface area contributed by atoms with Crippen LogP contribution in [0.1, 0.15) is 51.5 Å². The van der Waals surface area contributed by atoms with E-state index in [4.69, 9.17) is 0 Å². The van der Waals surface area contributed by atoms with Gasteiger partial charge in [0.1, 0.15) is 5.82 Å². The van der Waals surface area contributed by atoms with Gasteiger partial charge in [0, 0.05) is 12.6 Å². The molecule has 1 aromatic rings. The van der Waals surface area contributed by atoms with Gasteiger partial charge in [-0.05, 0) is 30.9 Å². The molecule has 0 bridgehead atoms. The number of nitrogens with zero attached hydrogens (tertiary/aromatic N) is 1. The van der Waals surface area contributed by atoms with Gasteiger partial charge in [0.2, 0.25) is 5.91 Å². The van der Waals surface area contributed by atoms with E-state index in [1.54, 1.807) is 6.20 Å². The summed E-state index contributed by atoms with van der Waals surface area (Å²) in [7, 11) is 0. The molecular weight excluding hydrogens is 224 g/mol. The fourth-order valence-corrected chi connectivity index (χ4v) is 1.76. The number of hydrogen-bond donors (Lipinski definition) is 1. The van der Waals surface area contributed by atoms with E-state index in [2.05, 4.69) is 24.1 Å². The van der Waals surface area contributed by atoms with Crippen molar-refractivity contribution in [3.8, 4) is 0 Å². The first-order valence-corrected chi connectivity index (χ1v) is 6.80. The lowest BCUT2D eigenvalue weighted by molar-refractivity contribution is -0.116. The van der Waals surface area contributed by atoms with Gasteiger partial charge in [0.05, 0.1) is 0 Å². The number of pyridine rings is 1. The predicted octanol–water partition coefficient (Wildman–Crippen LogP) is 3.94. The second-order valence-corrected chi connectivity index (χ2v) is 5.26. The van der Waals surface area contributed by atoms with Crippen molar-refractivity contribution >= 4 is 11.7 Å². The summed E-state index contributed by atoms with van der Waals surface area (Å²) in [6, 6.07) is 3.79. The Morgan fingerprint density at radius 3 is 2.67 bits per heavy atom. The third kappa shape index (κ3) is 6.38. The number of aryl methyl sites for hydroxylation is 1. The monoisotopic (exact) mass is 248 g/mol. The van der Waals surface area contributed by atoms with Gasteiger partial charge in [-0.2, -0.15) is 0 Å². The maximum absolute atomic E-state index is 11.6. The van der Waals surface area contributed by atoms with E-state index < -0.39 is 0 Å². The first kappa shape index (κ1) is 14.7. The van der Waals surface area contributed by atoms with Crippen LogP contribution in [0.5, 0.6) is 0 Å². The molecule has 0 atom stereocenters. The number of aromatic nitrogens is 1. The van der Waals surface area contributed by atoms with E-state index in [0.29, 0.717) is 12.2 Å². The Kier molecular flexibility index (Phi) is 6.40. The van der Waals surface area contributed by atoms with Crippen molar-refractivity contribution in [3.63, 3.8) is 0 Å². The lowest BCUT2D eigenvalue weighted by atomic mass is 10.0. The molecule has 0 spiro atoms. The van der Waals surface area contributed by atoms with Gasteiger partial charge < -0.3 is 5.32 Å². The molecule has 0 aliphatic carbocycles. The standard InChI is InChI=1S/C15H24N2O/c1-12(2)7-5-4-6-8-15(18)17-14-10-9-13(3)11-16-14/h9-12H,4-8H2,1-3H3,(H,16,17,18). The van der Waals surface area contributed by atoms with Gasteiger partial charge >= 0.3 is 0 Å². The Balaban J connectivity index is 2.16. The predicted molar refractivity (Wildman–Crippen MR) is 75.5 cm³/mol. The third-order valence-corrected chi connectivity index (χ3v) is 2.86. The number of hydrogen-bond acceptors (Lipinski definition) is 2. The summed E-state index contributed by atoms with van der Waals surface area (Å²) in [4.78, 5) is 15.8. The van der Waals surface area contributed by atoms with Gasteiger partial charge in [-0.25, -0.2) is 4.98 Å². The minimum atomic E-state index is 0.0656. The van der Waals surface area contributed by atoms with Crippen molar-refractivity contribution in [2.75, 3.05) is 5.32 Å². The van der Waals surface area contributed by atoms with Crippen molar-refractivity contribution in [3.05, 3.63) is 23.9 Å². The van der Waals surface area contributed by atoms with Crippen LogP contribution in [0.25, 0.3) is 0 Å². The van der Waals surface area contributed by atoms with Gasteiger partial charge in [-0.1, -0.05) is 39.2 Å². The van der Waals surface area contributed by atoms with E-state index in [1.807, 2.05) is 19.1 Å². The Labute approximate surface area is 110 Å². The number of rotatable bonds is 7. The molecule has 18 heavy (non-hydrogen) atoms. The summed E-state index contributed by atoms with van der Waals surface area (Å²) in [5.41, 5.74) is 1.10. The number of anilines is 1. The Bertz CT molecular complexity index is 357. The molecule has 100 valence electrons. The van der Waals surface area contributed by atoms with Crippen molar-refractivity contribution in [1.29, 1.82) is 0 Å². The van der Waals surface area contributed by atoms with Gasteiger partial charge in [-0.15, -0.1) is 0 Å². The normalized spacial score (nSPS) is 10.7. The third-order valence-electron chi connectivity index (χ3n) is 2.86. The smallest absolute Gasteiger partial charge is 0.225 e. The van der Waals surface area contributed by atoms with E-state index in [1.165, 1.54) is 12.8 Å². The van der Waals surface area contributed by atoms with Crippen LogP contribution in [0.15, 0.2) is 18.3 Å². The highest BCUT2D eigenvalue weighted by Gasteiger charge is 2.03. The molecule has 1 N–H and O–H groups in total. The van der Waals surface area contributed by atoms with Gasteiger partial charge in [0.25, 0.3) is 0 Å². The summed E-state index contributed by atoms with van der Waals surface area (Å²) in [5.74, 6) is 1.47.